The van der Waals surface area contributed by atoms with Crippen LogP contribution in [-0.4, -0.2) is 23.3 Å². The van der Waals surface area contributed by atoms with E-state index in [-0.39, 0.29) is 17.9 Å². The van der Waals surface area contributed by atoms with Gasteiger partial charge >= 0.3 is 0 Å². The number of carbonyl (C=O) groups excluding carboxylic acids is 1. The highest BCUT2D eigenvalue weighted by Crippen LogP contribution is 2.28. The van der Waals surface area contributed by atoms with E-state index in [0.29, 0.717) is 24.1 Å². The summed E-state index contributed by atoms with van der Waals surface area (Å²) in [6.45, 7) is 0. The Morgan fingerprint density at radius 1 is 1.53 bits per heavy atom. The van der Waals surface area contributed by atoms with Crippen LogP contribution in [0.2, 0.25) is 0 Å². The number of nitrogens with zero attached hydrogens (tertiary/aromatic N) is 2. The Bertz CT molecular complexity index is 490. The molecule has 1 amide bonds. The molecule has 0 aromatic rings. The van der Waals surface area contributed by atoms with Crippen molar-refractivity contribution in [3.05, 3.63) is 35.3 Å². The van der Waals surface area contributed by atoms with Gasteiger partial charge in [-0.1, -0.05) is 6.08 Å². The molecule has 88 valence electrons. The van der Waals surface area contributed by atoms with Crippen LogP contribution >= 0.6 is 0 Å². The van der Waals surface area contributed by atoms with Gasteiger partial charge < -0.3 is 5.32 Å². The summed E-state index contributed by atoms with van der Waals surface area (Å²) in [5.41, 5.74) is 1.19. The molecular formula is C12H12FN3O. The smallest absolute Gasteiger partial charge is 0.270 e. The molecule has 0 spiro atoms. The molecule has 1 N–H and O–H groups in total. The second-order valence-corrected chi connectivity index (χ2v) is 4.20. The predicted octanol–water partition coefficient (Wildman–Crippen LogP) is 1.59. The van der Waals surface area contributed by atoms with Crippen LogP contribution in [0, 0.1) is 0 Å². The lowest BCUT2D eigenvalue weighted by Gasteiger charge is -2.30. The number of amides is 1. The lowest BCUT2D eigenvalue weighted by molar-refractivity contribution is -0.128. The zero-order chi connectivity index (χ0) is 11.8. The fourth-order valence-corrected chi connectivity index (χ4v) is 2.23. The largest absolute Gasteiger partial charge is 0.363 e. The van der Waals surface area contributed by atoms with E-state index in [9.17, 15) is 9.18 Å². The minimum atomic E-state index is -0.254. The lowest BCUT2D eigenvalue weighted by atomic mass is 9.99. The van der Waals surface area contributed by atoms with Crippen LogP contribution in [0.4, 0.5) is 4.39 Å². The van der Waals surface area contributed by atoms with E-state index in [1.54, 1.807) is 12.3 Å². The topological polar surface area (TPSA) is 44.7 Å². The number of hydrogen-bond donors (Lipinski definition) is 1. The monoisotopic (exact) mass is 233 g/mol. The molecule has 3 rings (SSSR count). The number of halogens is 1. The fraction of sp³-hybridized carbons (Fsp3) is 0.333. The van der Waals surface area contributed by atoms with Gasteiger partial charge in [-0.2, -0.15) is 5.10 Å². The Morgan fingerprint density at radius 3 is 3.24 bits per heavy atom. The fourth-order valence-electron chi connectivity index (χ4n) is 2.23. The number of rotatable bonds is 1. The summed E-state index contributed by atoms with van der Waals surface area (Å²) in [6.07, 6.45) is 8.31. The second-order valence-electron chi connectivity index (χ2n) is 4.20. The standard InChI is InChI=1S/C12H12FN3O/c13-9-4-2-1-3-8(9)10-7-12(17)16-11(15-10)5-6-14-16/h2,4,6-7,11,15H,1,3,5H2. The van der Waals surface area contributed by atoms with Crippen LogP contribution in [0.25, 0.3) is 0 Å². The number of hydrazone groups is 1. The average molecular weight is 233 g/mol. The maximum Gasteiger partial charge on any atom is 0.270 e. The van der Waals surface area contributed by atoms with Crippen molar-refractivity contribution in [3.8, 4) is 0 Å². The van der Waals surface area contributed by atoms with Gasteiger partial charge in [0, 0.05) is 30.0 Å². The van der Waals surface area contributed by atoms with Crippen molar-refractivity contribution in [1.29, 1.82) is 0 Å². The van der Waals surface area contributed by atoms with Gasteiger partial charge in [0.1, 0.15) is 12.0 Å². The molecule has 5 heteroatoms. The first-order valence-corrected chi connectivity index (χ1v) is 5.65. The predicted molar refractivity (Wildman–Crippen MR) is 61.5 cm³/mol. The Kier molecular flexibility index (Phi) is 2.31. The minimum Gasteiger partial charge on any atom is -0.363 e. The lowest BCUT2D eigenvalue weighted by Crippen LogP contribution is -2.46. The number of hydrogen-bond acceptors (Lipinski definition) is 3. The molecule has 0 aromatic carbocycles. The van der Waals surface area contributed by atoms with Gasteiger partial charge in [-0.15, -0.1) is 0 Å². The third-order valence-electron chi connectivity index (χ3n) is 3.08. The first-order chi connectivity index (χ1) is 8.25. The van der Waals surface area contributed by atoms with E-state index in [0.717, 1.165) is 6.42 Å². The Balaban J connectivity index is 1.93. The highest BCUT2D eigenvalue weighted by Gasteiger charge is 2.31. The molecule has 1 atom stereocenters. The van der Waals surface area contributed by atoms with E-state index in [4.69, 9.17) is 0 Å². The number of fused-ring (bicyclic) bond motifs is 1. The SMILES string of the molecule is O=C1C=C(C2=C(F)C=CCC2)NC2CC=NN12. The molecule has 0 fully saturated rings. The van der Waals surface area contributed by atoms with Gasteiger partial charge in [0.2, 0.25) is 0 Å². The van der Waals surface area contributed by atoms with Crippen LogP contribution in [-0.2, 0) is 4.79 Å². The van der Waals surface area contributed by atoms with Gasteiger partial charge in [-0.25, -0.2) is 9.40 Å². The van der Waals surface area contributed by atoms with E-state index < -0.39 is 0 Å². The molecule has 17 heavy (non-hydrogen) atoms. The van der Waals surface area contributed by atoms with E-state index in [1.807, 2.05) is 0 Å². The summed E-state index contributed by atoms with van der Waals surface area (Å²) in [5.74, 6) is -0.442. The molecule has 2 heterocycles. The average Bonchev–Trinajstić information content (AvgIpc) is 2.78. The Morgan fingerprint density at radius 2 is 2.41 bits per heavy atom. The van der Waals surface area contributed by atoms with Gasteiger partial charge in [-0.05, 0) is 18.9 Å². The van der Waals surface area contributed by atoms with E-state index in [2.05, 4.69) is 10.4 Å². The van der Waals surface area contributed by atoms with Crippen LogP contribution in [0.15, 0.2) is 40.4 Å². The van der Waals surface area contributed by atoms with Crippen molar-refractivity contribution in [1.82, 2.24) is 10.3 Å². The number of carbonyl (C=O) groups is 1. The summed E-state index contributed by atoms with van der Waals surface area (Å²) in [5, 5.41) is 8.51. The van der Waals surface area contributed by atoms with E-state index in [1.165, 1.54) is 17.2 Å². The second kappa shape index (κ2) is 3.84. The van der Waals surface area contributed by atoms with Gasteiger partial charge in [-0.3, -0.25) is 4.79 Å². The molecule has 0 bridgehead atoms. The van der Waals surface area contributed by atoms with E-state index >= 15 is 0 Å². The van der Waals surface area contributed by atoms with Crippen molar-refractivity contribution < 1.29 is 9.18 Å². The summed E-state index contributed by atoms with van der Waals surface area (Å²) in [4.78, 5) is 11.8. The molecule has 0 radical (unpaired) electrons. The maximum absolute atomic E-state index is 13.7. The summed E-state index contributed by atoms with van der Waals surface area (Å²) < 4.78 is 13.7. The maximum atomic E-state index is 13.7. The third-order valence-corrected chi connectivity index (χ3v) is 3.08. The van der Waals surface area contributed by atoms with Gasteiger partial charge in [0.25, 0.3) is 5.91 Å². The first-order valence-electron chi connectivity index (χ1n) is 5.65. The number of allylic oxidation sites excluding steroid dienone is 4. The Hall–Kier alpha value is -1.91. The molecule has 4 nitrogen and oxygen atoms in total. The van der Waals surface area contributed by atoms with Crippen molar-refractivity contribution >= 4 is 12.1 Å². The van der Waals surface area contributed by atoms with Crippen LogP contribution in [0.1, 0.15) is 19.3 Å². The molecule has 0 saturated heterocycles. The molecular weight excluding hydrogens is 221 g/mol. The first kappa shape index (κ1) is 10.3. The van der Waals surface area contributed by atoms with Crippen molar-refractivity contribution in [2.24, 2.45) is 5.10 Å². The molecule has 2 aliphatic heterocycles. The summed E-state index contributed by atoms with van der Waals surface area (Å²) in [6, 6.07) is 0. The molecule has 0 saturated carbocycles. The summed E-state index contributed by atoms with van der Waals surface area (Å²) in [7, 11) is 0. The zero-order valence-electron chi connectivity index (χ0n) is 9.19. The zero-order valence-corrected chi connectivity index (χ0v) is 9.19. The van der Waals surface area contributed by atoms with Gasteiger partial charge in [0.15, 0.2) is 0 Å². The Labute approximate surface area is 98.2 Å². The van der Waals surface area contributed by atoms with Crippen molar-refractivity contribution in [2.45, 2.75) is 25.4 Å². The van der Waals surface area contributed by atoms with Crippen LogP contribution < -0.4 is 5.32 Å². The summed E-state index contributed by atoms with van der Waals surface area (Å²) >= 11 is 0. The minimum absolute atomic E-state index is 0.159. The normalized spacial score (nSPS) is 27.1. The van der Waals surface area contributed by atoms with Crippen molar-refractivity contribution in [2.75, 3.05) is 0 Å². The van der Waals surface area contributed by atoms with Crippen LogP contribution in [0.3, 0.4) is 0 Å². The molecule has 3 aliphatic rings. The number of nitrogens with one attached hydrogen (secondary N) is 1. The quantitative estimate of drug-likeness (QED) is 0.747. The molecule has 0 aromatic heterocycles. The van der Waals surface area contributed by atoms with Crippen molar-refractivity contribution in [3.63, 3.8) is 0 Å². The van der Waals surface area contributed by atoms with Gasteiger partial charge in [0.05, 0.1) is 0 Å². The highest BCUT2D eigenvalue weighted by molar-refractivity contribution is 5.91. The third kappa shape index (κ3) is 1.67. The molecule has 1 aliphatic carbocycles. The molecule has 1 unspecified atom stereocenters. The highest BCUT2D eigenvalue weighted by atomic mass is 19.1. The van der Waals surface area contributed by atoms with Crippen LogP contribution in [0.5, 0.6) is 0 Å².